The second-order valence-corrected chi connectivity index (χ2v) is 4.02. The molecule has 2 N–H and O–H groups in total. The lowest BCUT2D eigenvalue weighted by Gasteiger charge is -2.10. The van der Waals surface area contributed by atoms with E-state index in [0.717, 1.165) is 13.1 Å². The first kappa shape index (κ1) is 9.69. The van der Waals surface area contributed by atoms with Gasteiger partial charge in [-0.2, -0.15) is 0 Å². The molecule has 0 bridgehead atoms. The maximum atomic E-state index is 9.60. The third-order valence-corrected chi connectivity index (χ3v) is 2.69. The van der Waals surface area contributed by atoms with E-state index in [1.807, 2.05) is 18.2 Å². The highest BCUT2D eigenvalue weighted by atomic mass is 16.3. The molecule has 1 fully saturated rings. The summed E-state index contributed by atoms with van der Waals surface area (Å²) in [4.78, 5) is 0. The summed E-state index contributed by atoms with van der Waals surface area (Å²) in [6.45, 7) is 1.57. The Morgan fingerprint density at radius 3 is 2.64 bits per heavy atom. The zero-order valence-corrected chi connectivity index (χ0v) is 8.32. The zero-order chi connectivity index (χ0) is 9.80. The third-order valence-electron chi connectivity index (χ3n) is 2.69. The summed E-state index contributed by atoms with van der Waals surface area (Å²) in [5.41, 5.74) is 1.27. The molecule has 1 aromatic rings. The Balaban J connectivity index is 1.67. The first-order chi connectivity index (χ1) is 6.86. The van der Waals surface area contributed by atoms with Crippen molar-refractivity contribution in [3.05, 3.63) is 35.9 Å². The van der Waals surface area contributed by atoms with Crippen LogP contribution in [-0.4, -0.2) is 17.8 Å². The van der Waals surface area contributed by atoms with Crippen LogP contribution in [0.1, 0.15) is 18.4 Å². The van der Waals surface area contributed by atoms with Crippen molar-refractivity contribution < 1.29 is 5.11 Å². The highest BCUT2D eigenvalue weighted by Gasteiger charge is 2.28. The van der Waals surface area contributed by atoms with E-state index >= 15 is 0 Å². The van der Waals surface area contributed by atoms with Gasteiger partial charge in [-0.1, -0.05) is 30.3 Å². The normalized spacial score (nSPS) is 18.1. The minimum Gasteiger partial charge on any atom is -0.392 e. The molecule has 2 rings (SSSR count). The minimum absolute atomic E-state index is 0.140. The largest absolute Gasteiger partial charge is 0.392 e. The van der Waals surface area contributed by atoms with Crippen LogP contribution in [0.2, 0.25) is 0 Å². The molecule has 0 aromatic heterocycles. The van der Waals surface area contributed by atoms with Crippen LogP contribution in [0.3, 0.4) is 0 Å². The van der Waals surface area contributed by atoms with Crippen molar-refractivity contribution in [1.82, 2.24) is 5.32 Å². The summed E-state index contributed by atoms with van der Waals surface area (Å²) < 4.78 is 0. The first-order valence-corrected chi connectivity index (χ1v) is 5.29. The van der Waals surface area contributed by atoms with Gasteiger partial charge >= 0.3 is 0 Å². The summed E-state index contributed by atoms with van der Waals surface area (Å²) in [5.74, 6) is 0.568. The van der Waals surface area contributed by atoms with Gasteiger partial charge in [0, 0.05) is 13.1 Å². The van der Waals surface area contributed by atoms with Crippen molar-refractivity contribution in [3.63, 3.8) is 0 Å². The molecule has 1 aromatic carbocycles. The molecule has 2 nitrogen and oxygen atoms in total. The van der Waals surface area contributed by atoms with Crippen LogP contribution in [0, 0.1) is 5.92 Å². The lowest BCUT2D eigenvalue weighted by molar-refractivity contribution is 0.148. The molecule has 1 aliphatic carbocycles. The van der Waals surface area contributed by atoms with Gasteiger partial charge in [-0.15, -0.1) is 0 Å². The summed E-state index contributed by atoms with van der Waals surface area (Å²) in [5, 5.41) is 12.9. The number of rotatable bonds is 5. The quantitative estimate of drug-likeness (QED) is 0.740. The number of aliphatic hydroxyl groups excluding tert-OH is 1. The van der Waals surface area contributed by atoms with Crippen LogP contribution in [0.25, 0.3) is 0 Å². The average molecular weight is 191 g/mol. The van der Waals surface area contributed by atoms with Crippen molar-refractivity contribution in [2.45, 2.75) is 25.5 Å². The summed E-state index contributed by atoms with van der Waals surface area (Å²) in [6.07, 6.45) is 2.27. The van der Waals surface area contributed by atoms with E-state index in [0.29, 0.717) is 5.92 Å². The van der Waals surface area contributed by atoms with Crippen LogP contribution in [0.4, 0.5) is 0 Å². The van der Waals surface area contributed by atoms with Gasteiger partial charge in [-0.3, -0.25) is 0 Å². The molecule has 1 aliphatic rings. The molecule has 0 radical (unpaired) electrons. The van der Waals surface area contributed by atoms with Gasteiger partial charge in [0.25, 0.3) is 0 Å². The summed E-state index contributed by atoms with van der Waals surface area (Å²) in [6, 6.07) is 10.3. The van der Waals surface area contributed by atoms with Gasteiger partial charge in [0.2, 0.25) is 0 Å². The van der Waals surface area contributed by atoms with Gasteiger partial charge in [-0.25, -0.2) is 0 Å². The lowest BCUT2D eigenvalue weighted by atomic mass is 10.2. The van der Waals surface area contributed by atoms with E-state index in [1.54, 1.807) is 0 Å². The van der Waals surface area contributed by atoms with Gasteiger partial charge in [0.05, 0.1) is 6.10 Å². The van der Waals surface area contributed by atoms with Crippen molar-refractivity contribution >= 4 is 0 Å². The summed E-state index contributed by atoms with van der Waals surface area (Å²) >= 11 is 0. The van der Waals surface area contributed by atoms with Crippen molar-refractivity contribution in [3.8, 4) is 0 Å². The number of benzene rings is 1. The van der Waals surface area contributed by atoms with E-state index in [1.165, 1.54) is 18.4 Å². The predicted octanol–water partition coefficient (Wildman–Crippen LogP) is 1.55. The van der Waals surface area contributed by atoms with Gasteiger partial charge < -0.3 is 10.4 Å². The van der Waals surface area contributed by atoms with Crippen molar-refractivity contribution in [2.24, 2.45) is 5.92 Å². The molecule has 14 heavy (non-hydrogen) atoms. The molecule has 0 saturated heterocycles. The van der Waals surface area contributed by atoms with E-state index in [-0.39, 0.29) is 6.10 Å². The van der Waals surface area contributed by atoms with Gasteiger partial charge in [0.1, 0.15) is 0 Å². The number of aliphatic hydroxyl groups is 1. The molecular formula is C12H17NO. The molecule has 1 saturated carbocycles. The van der Waals surface area contributed by atoms with E-state index < -0.39 is 0 Å². The number of hydrogen-bond acceptors (Lipinski definition) is 2. The Kier molecular flexibility index (Phi) is 3.17. The molecule has 1 atom stereocenters. The number of nitrogens with one attached hydrogen (secondary N) is 1. The molecule has 1 unspecified atom stereocenters. The maximum absolute atomic E-state index is 9.60. The Labute approximate surface area is 85.0 Å². The smallest absolute Gasteiger partial charge is 0.0692 e. The highest BCUT2D eigenvalue weighted by molar-refractivity contribution is 5.14. The Hall–Kier alpha value is -0.860. The molecule has 0 aliphatic heterocycles. The van der Waals surface area contributed by atoms with Crippen LogP contribution in [-0.2, 0) is 6.54 Å². The molecule has 0 amide bonds. The third kappa shape index (κ3) is 2.82. The Bertz CT molecular complexity index is 269. The Morgan fingerprint density at radius 1 is 1.29 bits per heavy atom. The average Bonchev–Trinajstić information content (AvgIpc) is 3.02. The standard InChI is InChI=1S/C12H17NO/c14-12(11-6-7-11)9-13-8-10-4-2-1-3-5-10/h1-5,11-14H,6-9H2. The fraction of sp³-hybridized carbons (Fsp3) is 0.500. The molecular weight excluding hydrogens is 174 g/mol. The monoisotopic (exact) mass is 191 g/mol. The molecule has 76 valence electrons. The maximum Gasteiger partial charge on any atom is 0.0692 e. The molecule has 2 heteroatoms. The van der Waals surface area contributed by atoms with Crippen LogP contribution >= 0.6 is 0 Å². The van der Waals surface area contributed by atoms with Crippen LogP contribution in [0.15, 0.2) is 30.3 Å². The van der Waals surface area contributed by atoms with Crippen LogP contribution in [0.5, 0.6) is 0 Å². The second kappa shape index (κ2) is 4.58. The zero-order valence-electron chi connectivity index (χ0n) is 8.32. The second-order valence-electron chi connectivity index (χ2n) is 4.02. The number of hydrogen-bond donors (Lipinski definition) is 2. The first-order valence-electron chi connectivity index (χ1n) is 5.29. The minimum atomic E-state index is -0.140. The van der Waals surface area contributed by atoms with E-state index in [9.17, 15) is 5.11 Å². The SMILES string of the molecule is OC(CNCc1ccccc1)C1CC1. The van der Waals surface area contributed by atoms with Crippen molar-refractivity contribution in [1.29, 1.82) is 0 Å². The Morgan fingerprint density at radius 2 is 2.00 bits per heavy atom. The highest BCUT2D eigenvalue weighted by Crippen LogP contribution is 2.32. The lowest BCUT2D eigenvalue weighted by Crippen LogP contribution is -2.27. The topological polar surface area (TPSA) is 32.3 Å². The van der Waals surface area contributed by atoms with E-state index in [4.69, 9.17) is 0 Å². The van der Waals surface area contributed by atoms with Gasteiger partial charge in [-0.05, 0) is 24.3 Å². The summed E-state index contributed by atoms with van der Waals surface area (Å²) in [7, 11) is 0. The van der Waals surface area contributed by atoms with Crippen LogP contribution < -0.4 is 5.32 Å². The van der Waals surface area contributed by atoms with Crippen molar-refractivity contribution in [2.75, 3.05) is 6.54 Å². The molecule has 0 heterocycles. The fourth-order valence-electron chi connectivity index (χ4n) is 1.61. The van der Waals surface area contributed by atoms with Gasteiger partial charge in [0.15, 0.2) is 0 Å². The predicted molar refractivity (Wildman–Crippen MR) is 56.9 cm³/mol. The van der Waals surface area contributed by atoms with E-state index in [2.05, 4.69) is 17.4 Å². The fourth-order valence-corrected chi connectivity index (χ4v) is 1.61. The molecule has 0 spiro atoms.